The normalized spacial score (nSPS) is 10.8. The molecule has 0 spiro atoms. The summed E-state index contributed by atoms with van der Waals surface area (Å²) < 4.78 is 6.57. The molecule has 0 aliphatic heterocycles. The molecule has 6 rings (SSSR count). The van der Waals surface area contributed by atoms with E-state index in [4.69, 9.17) is 4.74 Å². The zero-order valence-electron chi connectivity index (χ0n) is 21.8. The summed E-state index contributed by atoms with van der Waals surface area (Å²) in [6.07, 6.45) is 1.63. The fourth-order valence-electron chi connectivity index (χ4n) is 4.95. The number of ether oxygens (including phenoxy) is 1. The Morgan fingerprint density at radius 1 is 0.308 bits per heavy atom. The van der Waals surface area contributed by atoms with E-state index in [2.05, 4.69) is 146 Å². The second kappa shape index (κ2) is 11.7. The Balaban J connectivity index is 1.19. The molecule has 0 unspecified atom stereocenters. The van der Waals surface area contributed by atoms with Gasteiger partial charge in [-0.15, -0.1) is 0 Å². The van der Waals surface area contributed by atoms with Gasteiger partial charge in [0.25, 0.3) is 0 Å². The van der Waals surface area contributed by atoms with Gasteiger partial charge >= 0.3 is 0 Å². The zero-order valence-corrected chi connectivity index (χ0v) is 21.8. The average Bonchev–Trinajstić information content (AvgIpc) is 3.01. The van der Waals surface area contributed by atoms with E-state index in [1.807, 2.05) is 12.1 Å². The molecular formula is C38H30O. The van der Waals surface area contributed by atoms with Crippen molar-refractivity contribution in [3.05, 3.63) is 180 Å². The molecule has 188 valence electrons. The van der Waals surface area contributed by atoms with Crippen molar-refractivity contribution in [1.82, 2.24) is 0 Å². The Morgan fingerprint density at radius 2 is 0.641 bits per heavy atom. The fourth-order valence-corrected chi connectivity index (χ4v) is 4.95. The van der Waals surface area contributed by atoms with Crippen molar-refractivity contribution in [1.29, 1.82) is 0 Å². The third-order valence-corrected chi connectivity index (χ3v) is 7.08. The molecule has 39 heavy (non-hydrogen) atoms. The van der Waals surface area contributed by atoms with Gasteiger partial charge in [-0.05, 0) is 56.6 Å². The lowest BCUT2D eigenvalue weighted by Gasteiger charge is -2.15. The van der Waals surface area contributed by atoms with E-state index in [9.17, 15) is 0 Å². The second-order valence-electron chi connectivity index (χ2n) is 9.80. The molecule has 0 bridgehead atoms. The summed E-state index contributed by atoms with van der Waals surface area (Å²) in [6.45, 7) is 0. The van der Waals surface area contributed by atoms with Gasteiger partial charge in [-0.2, -0.15) is 0 Å². The third-order valence-electron chi connectivity index (χ3n) is 7.08. The quantitative estimate of drug-likeness (QED) is 0.201. The molecule has 0 fully saturated rings. The number of hydrogen-bond acceptors (Lipinski definition) is 1. The maximum atomic E-state index is 6.57. The molecule has 0 saturated heterocycles. The third kappa shape index (κ3) is 6.00. The molecule has 0 heterocycles. The summed E-state index contributed by atoms with van der Waals surface area (Å²) >= 11 is 0. The lowest BCUT2D eigenvalue weighted by Crippen LogP contribution is -1.97. The summed E-state index contributed by atoms with van der Waals surface area (Å²) in [4.78, 5) is 0. The predicted octanol–water partition coefficient (Wildman–Crippen LogP) is 9.99. The lowest BCUT2D eigenvalue weighted by molar-refractivity contribution is 0.472. The van der Waals surface area contributed by atoms with Crippen LogP contribution in [0.25, 0.3) is 22.3 Å². The number of benzene rings is 6. The maximum Gasteiger partial charge on any atom is 0.130 e. The van der Waals surface area contributed by atoms with Crippen molar-refractivity contribution in [2.75, 3.05) is 0 Å². The van der Waals surface area contributed by atoms with E-state index in [0.29, 0.717) is 0 Å². The molecule has 0 amide bonds. The first-order valence-corrected chi connectivity index (χ1v) is 13.4. The Bertz CT molecular complexity index is 1510. The molecule has 0 aromatic heterocycles. The van der Waals surface area contributed by atoms with Gasteiger partial charge in [-0.3, -0.25) is 0 Å². The van der Waals surface area contributed by atoms with Crippen LogP contribution in [0, 0.1) is 0 Å². The average molecular weight is 503 g/mol. The van der Waals surface area contributed by atoms with Crippen LogP contribution in [0.15, 0.2) is 158 Å². The molecule has 0 aliphatic rings. The predicted molar refractivity (Wildman–Crippen MR) is 162 cm³/mol. The van der Waals surface area contributed by atoms with Crippen LogP contribution >= 0.6 is 0 Å². The van der Waals surface area contributed by atoms with E-state index >= 15 is 0 Å². The molecule has 0 aliphatic carbocycles. The van der Waals surface area contributed by atoms with Gasteiger partial charge in [-0.1, -0.05) is 146 Å². The van der Waals surface area contributed by atoms with Crippen LogP contribution in [-0.2, 0) is 12.8 Å². The summed E-state index contributed by atoms with van der Waals surface area (Å²) in [6, 6.07) is 55.4. The van der Waals surface area contributed by atoms with Crippen LogP contribution in [0.2, 0.25) is 0 Å². The van der Waals surface area contributed by atoms with Crippen LogP contribution < -0.4 is 4.74 Å². The van der Waals surface area contributed by atoms with Crippen molar-refractivity contribution in [3.8, 4) is 33.8 Å². The van der Waals surface area contributed by atoms with Crippen molar-refractivity contribution >= 4 is 0 Å². The van der Waals surface area contributed by atoms with Crippen molar-refractivity contribution in [2.24, 2.45) is 0 Å². The smallest absolute Gasteiger partial charge is 0.130 e. The minimum atomic E-state index is 0.814. The number of rotatable bonds is 8. The van der Waals surface area contributed by atoms with Gasteiger partial charge in [0.2, 0.25) is 0 Å². The Kier molecular flexibility index (Phi) is 7.32. The maximum absolute atomic E-state index is 6.57. The lowest BCUT2D eigenvalue weighted by atomic mass is 9.99. The highest BCUT2D eigenvalue weighted by Gasteiger charge is 2.10. The molecule has 0 N–H and O–H groups in total. The molecule has 1 heteroatoms. The Labute approximate surface area is 231 Å². The van der Waals surface area contributed by atoms with Gasteiger partial charge in [-0.25, -0.2) is 0 Å². The van der Waals surface area contributed by atoms with Gasteiger partial charge in [0.05, 0.1) is 0 Å². The van der Waals surface area contributed by atoms with E-state index in [0.717, 1.165) is 24.3 Å². The fraction of sp³-hybridized carbons (Fsp3) is 0.0526. The van der Waals surface area contributed by atoms with Gasteiger partial charge in [0.1, 0.15) is 11.5 Å². The SMILES string of the molecule is c1ccc(-c2ccc(Cc3ccccc3Oc3ccccc3Cc3ccc(-c4ccccc4)cc3)cc2)cc1. The highest BCUT2D eigenvalue weighted by atomic mass is 16.5. The minimum Gasteiger partial charge on any atom is -0.457 e. The van der Waals surface area contributed by atoms with E-state index in [1.54, 1.807) is 0 Å². The second-order valence-corrected chi connectivity index (χ2v) is 9.80. The first-order chi connectivity index (χ1) is 19.3. The standard InChI is InChI=1S/C38H30O/c1-3-11-31(12-4-1)33-23-19-29(20-24-33)27-35-15-7-9-17-37(35)39-38-18-10-8-16-36(38)28-30-21-25-34(26-22-30)32-13-5-2-6-14-32/h1-26H,27-28H2. The number of para-hydroxylation sites is 2. The summed E-state index contributed by atoms with van der Waals surface area (Å²) in [5.74, 6) is 1.80. The summed E-state index contributed by atoms with van der Waals surface area (Å²) in [5.41, 5.74) is 9.80. The van der Waals surface area contributed by atoms with E-state index in [1.165, 1.54) is 44.5 Å². The van der Waals surface area contributed by atoms with Crippen LogP contribution in [0.5, 0.6) is 11.5 Å². The van der Waals surface area contributed by atoms with Crippen molar-refractivity contribution in [3.63, 3.8) is 0 Å². The summed E-state index contributed by atoms with van der Waals surface area (Å²) in [5, 5.41) is 0. The van der Waals surface area contributed by atoms with Crippen LogP contribution in [-0.4, -0.2) is 0 Å². The Morgan fingerprint density at radius 3 is 1.05 bits per heavy atom. The summed E-state index contributed by atoms with van der Waals surface area (Å²) in [7, 11) is 0. The molecule has 0 atom stereocenters. The first kappa shape index (κ1) is 24.5. The highest BCUT2D eigenvalue weighted by molar-refractivity contribution is 5.64. The van der Waals surface area contributed by atoms with Crippen LogP contribution in [0.1, 0.15) is 22.3 Å². The molecule has 6 aromatic rings. The van der Waals surface area contributed by atoms with Gasteiger partial charge < -0.3 is 4.74 Å². The van der Waals surface area contributed by atoms with Crippen molar-refractivity contribution in [2.45, 2.75) is 12.8 Å². The largest absolute Gasteiger partial charge is 0.457 e. The first-order valence-electron chi connectivity index (χ1n) is 13.4. The monoisotopic (exact) mass is 502 g/mol. The topological polar surface area (TPSA) is 9.23 Å². The van der Waals surface area contributed by atoms with Crippen LogP contribution in [0.4, 0.5) is 0 Å². The van der Waals surface area contributed by atoms with Gasteiger partial charge in [0, 0.05) is 12.8 Å². The van der Waals surface area contributed by atoms with Gasteiger partial charge in [0.15, 0.2) is 0 Å². The highest BCUT2D eigenvalue weighted by Crippen LogP contribution is 2.31. The van der Waals surface area contributed by atoms with E-state index in [-0.39, 0.29) is 0 Å². The Hall–Kier alpha value is -4.88. The molecule has 0 saturated carbocycles. The number of hydrogen-bond donors (Lipinski definition) is 0. The van der Waals surface area contributed by atoms with E-state index < -0.39 is 0 Å². The molecule has 0 radical (unpaired) electrons. The zero-order chi connectivity index (χ0) is 26.3. The van der Waals surface area contributed by atoms with Crippen LogP contribution in [0.3, 0.4) is 0 Å². The minimum absolute atomic E-state index is 0.814. The molecule has 6 aromatic carbocycles. The van der Waals surface area contributed by atoms with Crippen molar-refractivity contribution < 1.29 is 4.74 Å². The molecular weight excluding hydrogens is 472 g/mol. The molecule has 1 nitrogen and oxygen atoms in total.